The van der Waals surface area contributed by atoms with Crippen LogP contribution in [0.5, 0.6) is 0 Å². The first-order valence-electron chi connectivity index (χ1n) is 21.1. The molecule has 0 radical (unpaired) electrons. The molecule has 9 atom stereocenters. The third kappa shape index (κ3) is 9.58. The Hall–Kier alpha value is -2.73. The Bertz CT molecular complexity index is 1630. The molecule has 2 fully saturated rings. The highest BCUT2D eigenvalue weighted by atomic mass is 16.5. The largest absolute Gasteiger partial charge is 0.396 e. The second kappa shape index (κ2) is 19.8. The van der Waals surface area contributed by atoms with E-state index in [1.54, 1.807) is 7.11 Å². The fourth-order valence-electron chi connectivity index (χ4n) is 11.0. The average Bonchev–Trinajstić information content (AvgIpc) is 3.54. The molecule has 9 nitrogen and oxygen atoms in total. The second-order valence-corrected chi connectivity index (χ2v) is 17.5. The first-order valence-corrected chi connectivity index (χ1v) is 21.1. The molecule has 0 aromatic heterocycles. The van der Waals surface area contributed by atoms with Crippen molar-refractivity contribution in [1.29, 1.82) is 0 Å². The van der Waals surface area contributed by atoms with Crippen LogP contribution < -0.4 is 10.6 Å². The predicted molar refractivity (Wildman–Crippen MR) is 223 cm³/mol. The lowest BCUT2D eigenvalue weighted by Crippen LogP contribution is -2.61. The molecule has 5 rings (SSSR count). The number of aliphatic hydroxyl groups excluding tert-OH is 4. The van der Waals surface area contributed by atoms with E-state index < -0.39 is 23.3 Å². The Balaban J connectivity index is 1.44. The summed E-state index contributed by atoms with van der Waals surface area (Å²) in [4.78, 5) is 12.1. The number of carbonyl (C=O) groups excluding carboxylic acids is 1. The van der Waals surface area contributed by atoms with Crippen LogP contribution >= 0.6 is 0 Å². The molecule has 3 aliphatic carbocycles. The van der Waals surface area contributed by atoms with Crippen LogP contribution in [0.4, 0.5) is 0 Å². The zero-order chi connectivity index (χ0) is 40.5. The number of methoxy groups -OCH3 is 1. The molecule has 0 saturated heterocycles. The molecule has 2 saturated carbocycles. The maximum absolute atomic E-state index is 12.5. The monoisotopic (exact) mass is 775 g/mol. The molecule has 1 spiro atoms. The Morgan fingerprint density at radius 3 is 2.61 bits per heavy atom. The van der Waals surface area contributed by atoms with Crippen molar-refractivity contribution >= 4 is 6.29 Å². The highest BCUT2D eigenvalue weighted by molar-refractivity contribution is 5.74. The number of aldehydes is 1. The van der Waals surface area contributed by atoms with Crippen LogP contribution in [0.1, 0.15) is 95.6 Å². The van der Waals surface area contributed by atoms with Crippen LogP contribution in [-0.2, 0) is 22.4 Å². The zero-order valence-corrected chi connectivity index (χ0v) is 34.4. The second-order valence-electron chi connectivity index (χ2n) is 17.5. The predicted octanol–water partition coefficient (Wildman–Crippen LogP) is 5.66. The summed E-state index contributed by atoms with van der Waals surface area (Å²) in [5.41, 5.74) is 4.30. The molecule has 4 bridgehead atoms. The number of fused-ring (bicyclic) bond motifs is 3. The summed E-state index contributed by atoms with van der Waals surface area (Å²) in [7, 11) is 3.57. The molecule has 9 heteroatoms. The summed E-state index contributed by atoms with van der Waals surface area (Å²) in [5.74, 6) is -0.375. The normalized spacial score (nSPS) is 34.9. The number of benzene rings is 1. The standard InChI is InChI=1S/C47H70N2O7/c1-32(41-27-34-11-7-12-35(26-34)29-45(3,22-25-56-5)49-44(54)37-14-8-13-36(41)28-37)10-6-15-38(31-52)40-18-20-47(43(40)53)42(16-9-24-50)39(33(2)30-51)17-19-46(47,55)21-23-48-4/h6-7,10-12,15,26,28,30,36,40-44,48-50,52-55H,1,8-9,13-14,16-25,27,29,31H2,2-5H3. The fraction of sp³-hybridized carbons (Fsp3) is 0.638. The summed E-state index contributed by atoms with van der Waals surface area (Å²) in [6.07, 6.45) is 16.2. The minimum absolute atomic E-state index is 0.0128. The molecular weight excluding hydrogens is 705 g/mol. The summed E-state index contributed by atoms with van der Waals surface area (Å²) in [5, 5.41) is 64.0. The van der Waals surface area contributed by atoms with Crippen molar-refractivity contribution in [1.82, 2.24) is 10.6 Å². The van der Waals surface area contributed by atoms with Crippen LogP contribution in [0.25, 0.3) is 0 Å². The van der Waals surface area contributed by atoms with Gasteiger partial charge in [-0.3, -0.25) is 10.1 Å². The van der Waals surface area contributed by atoms with Gasteiger partial charge in [-0.15, -0.1) is 0 Å². The Morgan fingerprint density at radius 2 is 1.89 bits per heavy atom. The molecule has 310 valence electrons. The maximum Gasteiger partial charge on any atom is 0.145 e. The van der Waals surface area contributed by atoms with Crippen molar-refractivity contribution < 1.29 is 35.1 Å². The first-order chi connectivity index (χ1) is 26.9. The number of hydrogen-bond acceptors (Lipinski definition) is 9. The van der Waals surface area contributed by atoms with Crippen LogP contribution in [0.15, 0.2) is 83.0 Å². The van der Waals surface area contributed by atoms with Gasteiger partial charge in [0.2, 0.25) is 0 Å². The summed E-state index contributed by atoms with van der Waals surface area (Å²) in [6, 6.07) is 8.76. The van der Waals surface area contributed by atoms with Crippen molar-refractivity contribution in [3.8, 4) is 0 Å². The number of allylic oxidation sites excluding steroid dienone is 7. The summed E-state index contributed by atoms with van der Waals surface area (Å²) < 4.78 is 5.45. The number of aliphatic hydroxyl groups is 5. The van der Waals surface area contributed by atoms with Crippen molar-refractivity contribution in [2.75, 3.05) is 40.5 Å². The van der Waals surface area contributed by atoms with Gasteiger partial charge in [0.05, 0.1) is 18.3 Å². The highest BCUT2D eigenvalue weighted by Crippen LogP contribution is 2.64. The quantitative estimate of drug-likeness (QED) is 0.0519. The molecule has 7 N–H and O–H groups in total. The number of nitrogens with one attached hydrogen (secondary N) is 2. The van der Waals surface area contributed by atoms with E-state index in [1.807, 2.05) is 32.2 Å². The van der Waals surface area contributed by atoms with Crippen LogP contribution in [0.2, 0.25) is 0 Å². The Labute approximate surface area is 335 Å². The zero-order valence-electron chi connectivity index (χ0n) is 34.4. The topological polar surface area (TPSA) is 152 Å². The lowest BCUT2D eigenvalue weighted by Gasteiger charge is -2.57. The van der Waals surface area contributed by atoms with Gasteiger partial charge in [-0.05, 0) is 157 Å². The van der Waals surface area contributed by atoms with E-state index >= 15 is 0 Å². The van der Waals surface area contributed by atoms with Gasteiger partial charge in [-0.1, -0.05) is 66.3 Å². The van der Waals surface area contributed by atoms with E-state index in [-0.39, 0.29) is 42.4 Å². The van der Waals surface area contributed by atoms with Crippen LogP contribution in [0, 0.1) is 29.1 Å². The van der Waals surface area contributed by atoms with Gasteiger partial charge in [-0.2, -0.15) is 0 Å². The number of hydrogen-bond donors (Lipinski definition) is 7. The van der Waals surface area contributed by atoms with Crippen LogP contribution in [0.3, 0.4) is 0 Å². The summed E-state index contributed by atoms with van der Waals surface area (Å²) in [6.45, 7) is 9.50. The average molecular weight is 775 g/mol. The van der Waals surface area contributed by atoms with Gasteiger partial charge in [0.15, 0.2) is 0 Å². The van der Waals surface area contributed by atoms with E-state index in [4.69, 9.17) is 4.74 Å². The number of carbonyl (C=O) groups is 1. The molecule has 1 heterocycles. The fourth-order valence-corrected chi connectivity index (χ4v) is 11.0. The van der Waals surface area contributed by atoms with Crippen molar-refractivity contribution in [2.45, 2.75) is 121 Å². The molecule has 9 unspecified atom stereocenters. The van der Waals surface area contributed by atoms with Crippen molar-refractivity contribution in [3.05, 3.63) is 94.1 Å². The van der Waals surface area contributed by atoms with Gasteiger partial charge < -0.3 is 35.6 Å². The van der Waals surface area contributed by atoms with E-state index in [0.717, 1.165) is 61.5 Å². The van der Waals surface area contributed by atoms with Crippen molar-refractivity contribution in [3.63, 3.8) is 0 Å². The van der Waals surface area contributed by atoms with Gasteiger partial charge in [0, 0.05) is 37.2 Å². The van der Waals surface area contributed by atoms with E-state index in [2.05, 4.69) is 54.5 Å². The van der Waals surface area contributed by atoms with Gasteiger partial charge in [0.25, 0.3) is 0 Å². The lowest BCUT2D eigenvalue weighted by molar-refractivity contribution is -0.180. The minimum Gasteiger partial charge on any atom is -0.396 e. The SMILES string of the molecule is C=C(C=CC=C(CO)C1CCC2(C(CCCO)C(=C(C)C=O)CCC2(O)CCNC)C1O)C1Cc2cccc(c2)CC(C)(CCOC)NC(O)C2=CC1CCC2. The van der Waals surface area contributed by atoms with Crippen molar-refractivity contribution in [2.24, 2.45) is 29.1 Å². The van der Waals surface area contributed by atoms with Gasteiger partial charge in [-0.25, -0.2) is 0 Å². The number of rotatable bonds is 15. The first kappa shape index (κ1) is 44.4. The third-order valence-electron chi connectivity index (χ3n) is 14.1. The summed E-state index contributed by atoms with van der Waals surface area (Å²) >= 11 is 0. The lowest BCUT2D eigenvalue weighted by atomic mass is 9.51. The van der Waals surface area contributed by atoms with E-state index in [9.17, 15) is 30.3 Å². The molecule has 56 heavy (non-hydrogen) atoms. The number of ether oxygens (including phenoxy) is 1. The molecule has 0 amide bonds. The Kier molecular flexibility index (Phi) is 15.7. The molecule has 1 aromatic carbocycles. The smallest absolute Gasteiger partial charge is 0.145 e. The molecule has 4 aliphatic rings. The van der Waals surface area contributed by atoms with E-state index in [1.165, 1.54) is 11.1 Å². The highest BCUT2D eigenvalue weighted by Gasteiger charge is 2.65. The van der Waals surface area contributed by atoms with E-state index in [0.29, 0.717) is 69.2 Å². The van der Waals surface area contributed by atoms with Gasteiger partial charge in [0.1, 0.15) is 12.5 Å². The minimum atomic E-state index is -1.19. The molecule has 1 aromatic rings. The molecular formula is C47H70N2O7. The van der Waals surface area contributed by atoms with Crippen LogP contribution in [-0.4, -0.2) is 95.8 Å². The maximum atomic E-state index is 12.5. The molecule has 1 aliphatic heterocycles. The Morgan fingerprint density at radius 1 is 1.11 bits per heavy atom. The third-order valence-corrected chi connectivity index (χ3v) is 14.1. The van der Waals surface area contributed by atoms with Gasteiger partial charge >= 0.3 is 0 Å².